The van der Waals surface area contributed by atoms with Crippen molar-refractivity contribution in [3.05, 3.63) is 65.2 Å². The highest BCUT2D eigenvalue weighted by Crippen LogP contribution is 2.19. The monoisotopic (exact) mass is 285 g/mol. The van der Waals surface area contributed by atoms with Gasteiger partial charge in [-0.3, -0.25) is 4.90 Å². The van der Waals surface area contributed by atoms with Gasteiger partial charge in [-0.15, -0.1) is 0 Å². The Balaban J connectivity index is 2.01. The van der Waals surface area contributed by atoms with Crippen LogP contribution in [0.25, 0.3) is 0 Å². The maximum atomic E-state index is 10.8. The van der Waals surface area contributed by atoms with E-state index in [9.17, 15) is 4.79 Å². The molecule has 0 heterocycles. The second-order valence-electron chi connectivity index (χ2n) is 4.99. The first-order chi connectivity index (χ1) is 10.1. The van der Waals surface area contributed by atoms with Crippen molar-refractivity contribution in [2.24, 2.45) is 0 Å². The van der Waals surface area contributed by atoms with E-state index in [1.54, 1.807) is 19.2 Å². The zero-order valence-electron chi connectivity index (χ0n) is 12.2. The zero-order valence-corrected chi connectivity index (χ0v) is 12.2. The highest BCUT2D eigenvalue weighted by molar-refractivity contribution is 5.87. The molecule has 0 atom stereocenters. The molecule has 2 aromatic rings. The number of benzene rings is 2. The van der Waals surface area contributed by atoms with Gasteiger partial charge in [0.2, 0.25) is 0 Å². The van der Waals surface area contributed by atoms with Gasteiger partial charge in [-0.2, -0.15) is 0 Å². The molecule has 2 aromatic carbocycles. The molecule has 0 saturated carbocycles. The van der Waals surface area contributed by atoms with Crippen LogP contribution in [0, 0.1) is 0 Å². The maximum absolute atomic E-state index is 10.8. The lowest BCUT2D eigenvalue weighted by Crippen LogP contribution is -2.17. The summed E-state index contributed by atoms with van der Waals surface area (Å²) < 4.78 is 5.35. The Morgan fingerprint density at radius 1 is 1.10 bits per heavy atom. The number of hydrogen-bond donors (Lipinski definition) is 1. The third-order valence-corrected chi connectivity index (χ3v) is 3.29. The van der Waals surface area contributed by atoms with E-state index in [2.05, 4.69) is 4.90 Å². The minimum absolute atomic E-state index is 0.311. The third kappa shape index (κ3) is 4.07. The van der Waals surface area contributed by atoms with Gasteiger partial charge in [0.25, 0.3) is 0 Å². The molecule has 0 fully saturated rings. The molecule has 0 radical (unpaired) electrons. The van der Waals surface area contributed by atoms with Crippen molar-refractivity contribution in [3.8, 4) is 5.75 Å². The molecular formula is C17H19NO3. The first-order valence-corrected chi connectivity index (χ1v) is 6.73. The molecule has 21 heavy (non-hydrogen) atoms. The van der Waals surface area contributed by atoms with Gasteiger partial charge < -0.3 is 9.84 Å². The van der Waals surface area contributed by atoms with Crippen LogP contribution in [0.2, 0.25) is 0 Å². The fourth-order valence-corrected chi connectivity index (χ4v) is 2.24. The molecule has 0 unspecified atom stereocenters. The summed E-state index contributed by atoms with van der Waals surface area (Å²) >= 11 is 0. The molecule has 4 heteroatoms. The van der Waals surface area contributed by atoms with Crippen LogP contribution in [-0.2, 0) is 13.1 Å². The summed E-state index contributed by atoms with van der Waals surface area (Å²) in [6, 6.07) is 14.9. The van der Waals surface area contributed by atoms with Crippen molar-refractivity contribution in [1.82, 2.24) is 4.90 Å². The van der Waals surface area contributed by atoms with Gasteiger partial charge in [-0.25, -0.2) is 4.79 Å². The number of nitrogens with zero attached hydrogens (tertiary/aromatic N) is 1. The molecule has 0 saturated heterocycles. The molecule has 0 aliphatic rings. The maximum Gasteiger partial charge on any atom is 0.335 e. The van der Waals surface area contributed by atoms with Crippen LogP contribution in [-0.4, -0.2) is 30.1 Å². The second-order valence-corrected chi connectivity index (χ2v) is 4.99. The van der Waals surface area contributed by atoms with E-state index in [0.717, 1.165) is 30.0 Å². The number of para-hydroxylation sites is 1. The van der Waals surface area contributed by atoms with Crippen molar-refractivity contribution in [2.45, 2.75) is 13.1 Å². The van der Waals surface area contributed by atoms with Crippen LogP contribution in [0.5, 0.6) is 5.75 Å². The number of ether oxygens (including phenoxy) is 1. The van der Waals surface area contributed by atoms with Gasteiger partial charge in [0.05, 0.1) is 12.7 Å². The lowest BCUT2D eigenvalue weighted by atomic mass is 10.1. The molecule has 4 nitrogen and oxygen atoms in total. The third-order valence-electron chi connectivity index (χ3n) is 3.29. The van der Waals surface area contributed by atoms with Gasteiger partial charge in [0.15, 0.2) is 0 Å². The Morgan fingerprint density at radius 3 is 2.38 bits per heavy atom. The molecule has 0 aliphatic carbocycles. The van der Waals surface area contributed by atoms with Gasteiger partial charge in [-0.1, -0.05) is 30.3 Å². The summed E-state index contributed by atoms with van der Waals surface area (Å²) in [7, 11) is 3.70. The van der Waals surface area contributed by atoms with E-state index in [1.165, 1.54) is 0 Å². The Kier molecular flexibility index (Phi) is 4.95. The lowest BCUT2D eigenvalue weighted by molar-refractivity contribution is 0.0697. The second kappa shape index (κ2) is 6.90. The molecule has 110 valence electrons. The first-order valence-electron chi connectivity index (χ1n) is 6.73. The number of carbonyl (C=O) groups is 1. The van der Waals surface area contributed by atoms with E-state index in [1.807, 2.05) is 43.4 Å². The van der Waals surface area contributed by atoms with Crippen LogP contribution < -0.4 is 4.74 Å². The minimum Gasteiger partial charge on any atom is -0.496 e. The summed E-state index contributed by atoms with van der Waals surface area (Å²) in [4.78, 5) is 13.0. The molecule has 0 aliphatic heterocycles. The van der Waals surface area contributed by atoms with Crippen molar-refractivity contribution < 1.29 is 14.6 Å². The molecule has 0 bridgehead atoms. The van der Waals surface area contributed by atoms with E-state index in [4.69, 9.17) is 9.84 Å². The largest absolute Gasteiger partial charge is 0.496 e. The molecule has 0 spiro atoms. The average molecular weight is 285 g/mol. The van der Waals surface area contributed by atoms with Gasteiger partial charge >= 0.3 is 5.97 Å². The Labute approximate surface area is 124 Å². The zero-order chi connectivity index (χ0) is 15.2. The molecule has 1 N–H and O–H groups in total. The number of hydrogen-bond acceptors (Lipinski definition) is 3. The SMILES string of the molecule is COc1ccccc1CN(C)Cc1ccc(C(=O)O)cc1. The quantitative estimate of drug-likeness (QED) is 0.886. The predicted octanol–water partition coefficient (Wildman–Crippen LogP) is 3.03. The fourth-order valence-electron chi connectivity index (χ4n) is 2.24. The molecule has 0 amide bonds. The van der Waals surface area contributed by atoms with Crippen LogP contribution in [0.1, 0.15) is 21.5 Å². The van der Waals surface area contributed by atoms with Crippen LogP contribution in [0.4, 0.5) is 0 Å². The molecular weight excluding hydrogens is 266 g/mol. The number of carboxylic acids is 1. The average Bonchev–Trinajstić information content (AvgIpc) is 2.48. The standard InChI is InChI=1S/C17H19NO3/c1-18(12-15-5-3-4-6-16(15)21-2)11-13-7-9-14(10-8-13)17(19)20/h3-10H,11-12H2,1-2H3,(H,19,20). The summed E-state index contributed by atoms with van der Waals surface area (Å²) in [6.07, 6.45) is 0. The summed E-state index contributed by atoms with van der Waals surface area (Å²) in [5.41, 5.74) is 2.52. The summed E-state index contributed by atoms with van der Waals surface area (Å²) in [5.74, 6) is -0.0190. The highest BCUT2D eigenvalue weighted by atomic mass is 16.5. The Morgan fingerprint density at radius 2 is 1.76 bits per heavy atom. The Bertz CT molecular complexity index is 608. The molecule has 0 aromatic heterocycles. The van der Waals surface area contributed by atoms with Crippen LogP contribution in [0.15, 0.2) is 48.5 Å². The number of aromatic carboxylic acids is 1. The van der Waals surface area contributed by atoms with Gasteiger partial charge in [0, 0.05) is 18.7 Å². The number of methoxy groups -OCH3 is 1. The molecule has 2 rings (SSSR count). The van der Waals surface area contributed by atoms with Crippen LogP contribution in [0.3, 0.4) is 0 Å². The first kappa shape index (κ1) is 15.1. The van der Waals surface area contributed by atoms with Crippen molar-refractivity contribution >= 4 is 5.97 Å². The van der Waals surface area contributed by atoms with E-state index in [0.29, 0.717) is 5.56 Å². The Hall–Kier alpha value is -2.33. The number of rotatable bonds is 6. The fraction of sp³-hybridized carbons (Fsp3) is 0.235. The predicted molar refractivity (Wildman–Crippen MR) is 81.6 cm³/mol. The smallest absolute Gasteiger partial charge is 0.335 e. The summed E-state index contributed by atoms with van der Waals surface area (Å²) in [6.45, 7) is 1.52. The highest BCUT2D eigenvalue weighted by Gasteiger charge is 2.07. The van der Waals surface area contributed by atoms with E-state index >= 15 is 0 Å². The van der Waals surface area contributed by atoms with Gasteiger partial charge in [-0.05, 0) is 30.8 Å². The van der Waals surface area contributed by atoms with Crippen molar-refractivity contribution in [1.29, 1.82) is 0 Å². The van der Waals surface area contributed by atoms with E-state index < -0.39 is 5.97 Å². The van der Waals surface area contributed by atoms with Crippen LogP contribution >= 0.6 is 0 Å². The topological polar surface area (TPSA) is 49.8 Å². The lowest BCUT2D eigenvalue weighted by Gasteiger charge is -2.18. The number of carboxylic acid groups (broad SMARTS) is 1. The van der Waals surface area contributed by atoms with E-state index in [-0.39, 0.29) is 0 Å². The summed E-state index contributed by atoms with van der Waals surface area (Å²) in [5, 5.41) is 8.89. The van der Waals surface area contributed by atoms with Crippen molar-refractivity contribution in [2.75, 3.05) is 14.2 Å². The normalized spacial score (nSPS) is 10.6. The van der Waals surface area contributed by atoms with Crippen molar-refractivity contribution in [3.63, 3.8) is 0 Å². The minimum atomic E-state index is -0.899. The van der Waals surface area contributed by atoms with Gasteiger partial charge in [0.1, 0.15) is 5.75 Å².